The molecule has 0 radical (unpaired) electrons. The summed E-state index contributed by atoms with van der Waals surface area (Å²) in [5.41, 5.74) is 1.01. The molecule has 0 spiro atoms. The van der Waals surface area contributed by atoms with Crippen LogP contribution in [0.1, 0.15) is 38.7 Å². The number of sulfonamides is 1. The summed E-state index contributed by atoms with van der Waals surface area (Å²) in [4.78, 5) is 17.7. The minimum Gasteiger partial charge on any atom is -0.493 e. The van der Waals surface area contributed by atoms with Gasteiger partial charge in [0.1, 0.15) is 11.9 Å². The molecule has 2 aromatic carbocycles. The summed E-state index contributed by atoms with van der Waals surface area (Å²) in [5.74, 6) is 0.961. The van der Waals surface area contributed by atoms with Crippen LogP contribution in [-0.4, -0.2) is 39.9 Å². The normalized spacial score (nSPS) is 16.3. The van der Waals surface area contributed by atoms with E-state index in [0.29, 0.717) is 35.8 Å². The number of hydrogen-bond donors (Lipinski definition) is 2. The Morgan fingerprint density at radius 1 is 1.16 bits per heavy atom. The Morgan fingerprint density at radius 2 is 1.94 bits per heavy atom. The number of aliphatic imine (C=N–C) groups is 1. The molecule has 1 heterocycles. The van der Waals surface area contributed by atoms with E-state index in [0.717, 1.165) is 12.8 Å². The van der Waals surface area contributed by atoms with E-state index in [1.807, 2.05) is 13.8 Å². The first-order valence-electron chi connectivity index (χ1n) is 10.2. The molecule has 0 saturated carbocycles. The fourth-order valence-electron chi connectivity index (χ4n) is 3.28. The zero-order valence-corrected chi connectivity index (χ0v) is 18.7. The number of amidine groups is 1. The SMILES string of the molecule is CCCCC(N=C1NS(=O)(=O)c2ccccc21)C(=O)Nc1ccc(OCC)c(OC)c1. The summed E-state index contributed by atoms with van der Waals surface area (Å²) in [7, 11) is -2.14. The molecule has 0 aromatic heterocycles. The largest absolute Gasteiger partial charge is 0.493 e. The van der Waals surface area contributed by atoms with Crippen LogP contribution in [0.25, 0.3) is 0 Å². The Hall–Kier alpha value is -3.07. The maximum Gasteiger partial charge on any atom is 0.263 e. The summed E-state index contributed by atoms with van der Waals surface area (Å²) in [6, 6.07) is 11.0. The third kappa shape index (κ3) is 5.16. The number of nitrogens with zero attached hydrogens (tertiary/aromatic N) is 1. The molecule has 166 valence electrons. The van der Waals surface area contributed by atoms with Gasteiger partial charge in [-0.05, 0) is 37.6 Å². The summed E-state index contributed by atoms with van der Waals surface area (Å²) in [6.07, 6.45) is 2.15. The highest BCUT2D eigenvalue weighted by molar-refractivity contribution is 7.90. The van der Waals surface area contributed by atoms with Gasteiger partial charge in [-0.3, -0.25) is 14.5 Å². The number of methoxy groups -OCH3 is 1. The predicted octanol–water partition coefficient (Wildman–Crippen LogP) is 3.33. The smallest absolute Gasteiger partial charge is 0.263 e. The molecule has 0 saturated heterocycles. The van der Waals surface area contributed by atoms with Crippen LogP contribution in [-0.2, 0) is 14.8 Å². The van der Waals surface area contributed by atoms with Crippen LogP contribution in [0.5, 0.6) is 11.5 Å². The Bertz CT molecular complexity index is 1080. The number of benzene rings is 2. The van der Waals surface area contributed by atoms with E-state index in [1.54, 1.807) is 36.4 Å². The Labute approximate surface area is 182 Å². The molecule has 1 unspecified atom stereocenters. The average molecular weight is 446 g/mol. The topological polar surface area (TPSA) is 106 Å². The van der Waals surface area contributed by atoms with Crippen molar-refractivity contribution in [3.63, 3.8) is 0 Å². The molecule has 2 aromatic rings. The van der Waals surface area contributed by atoms with E-state index in [2.05, 4.69) is 15.0 Å². The molecule has 1 aliphatic heterocycles. The molecular weight excluding hydrogens is 418 g/mol. The fourth-order valence-corrected chi connectivity index (χ4v) is 4.52. The number of ether oxygens (including phenoxy) is 2. The summed E-state index contributed by atoms with van der Waals surface area (Å²) >= 11 is 0. The molecule has 1 aliphatic rings. The van der Waals surface area contributed by atoms with Crippen molar-refractivity contribution >= 4 is 27.5 Å². The number of hydrogen-bond acceptors (Lipinski definition) is 6. The average Bonchev–Trinajstić information content (AvgIpc) is 3.02. The van der Waals surface area contributed by atoms with E-state index in [4.69, 9.17) is 9.47 Å². The van der Waals surface area contributed by atoms with Gasteiger partial charge in [-0.15, -0.1) is 0 Å². The molecule has 3 rings (SSSR count). The molecule has 8 nitrogen and oxygen atoms in total. The molecule has 0 fully saturated rings. The molecule has 1 amide bonds. The lowest BCUT2D eigenvalue weighted by atomic mass is 10.1. The maximum absolute atomic E-state index is 13.0. The minimum absolute atomic E-state index is 0.166. The van der Waals surface area contributed by atoms with E-state index >= 15 is 0 Å². The highest BCUT2D eigenvalue weighted by Gasteiger charge is 2.31. The number of fused-ring (bicyclic) bond motifs is 1. The number of rotatable bonds is 9. The second-order valence-electron chi connectivity index (χ2n) is 7.03. The predicted molar refractivity (Wildman–Crippen MR) is 119 cm³/mol. The van der Waals surface area contributed by atoms with Crippen molar-refractivity contribution in [1.29, 1.82) is 0 Å². The van der Waals surface area contributed by atoms with Crippen LogP contribution < -0.4 is 19.5 Å². The highest BCUT2D eigenvalue weighted by Crippen LogP contribution is 2.30. The molecule has 0 aliphatic carbocycles. The van der Waals surface area contributed by atoms with Gasteiger partial charge in [0.2, 0.25) is 5.91 Å². The van der Waals surface area contributed by atoms with Crippen molar-refractivity contribution in [3.05, 3.63) is 48.0 Å². The van der Waals surface area contributed by atoms with Gasteiger partial charge in [0.25, 0.3) is 10.0 Å². The van der Waals surface area contributed by atoms with Crippen LogP contribution in [0.4, 0.5) is 5.69 Å². The van der Waals surface area contributed by atoms with Gasteiger partial charge in [-0.25, -0.2) is 8.42 Å². The van der Waals surface area contributed by atoms with Gasteiger partial charge >= 0.3 is 0 Å². The molecule has 2 N–H and O–H groups in total. The minimum atomic E-state index is -3.67. The van der Waals surface area contributed by atoms with Crippen LogP contribution in [0.2, 0.25) is 0 Å². The number of amides is 1. The van der Waals surface area contributed by atoms with Gasteiger partial charge in [-0.2, -0.15) is 0 Å². The molecule has 0 bridgehead atoms. The van der Waals surface area contributed by atoms with Crippen LogP contribution >= 0.6 is 0 Å². The first kappa shape index (κ1) is 22.6. The summed E-state index contributed by atoms with van der Waals surface area (Å²) in [5, 5.41) is 2.85. The first-order chi connectivity index (χ1) is 14.9. The lowest BCUT2D eigenvalue weighted by Crippen LogP contribution is -2.30. The van der Waals surface area contributed by atoms with Crippen molar-refractivity contribution in [3.8, 4) is 11.5 Å². The lowest BCUT2D eigenvalue weighted by molar-refractivity contribution is -0.117. The van der Waals surface area contributed by atoms with E-state index < -0.39 is 16.1 Å². The van der Waals surface area contributed by atoms with E-state index in [9.17, 15) is 13.2 Å². The number of anilines is 1. The Morgan fingerprint density at radius 3 is 2.65 bits per heavy atom. The zero-order valence-electron chi connectivity index (χ0n) is 17.8. The molecular formula is C22H27N3O5S. The van der Waals surface area contributed by atoms with Crippen molar-refractivity contribution in [2.45, 2.75) is 44.0 Å². The van der Waals surface area contributed by atoms with Crippen molar-refractivity contribution in [2.75, 3.05) is 19.0 Å². The first-order valence-corrected chi connectivity index (χ1v) is 11.7. The van der Waals surface area contributed by atoms with E-state index in [-0.39, 0.29) is 16.6 Å². The lowest BCUT2D eigenvalue weighted by Gasteiger charge is -2.15. The second-order valence-corrected chi connectivity index (χ2v) is 8.68. The number of nitrogens with one attached hydrogen (secondary N) is 2. The zero-order chi connectivity index (χ0) is 22.4. The summed E-state index contributed by atoms with van der Waals surface area (Å²) < 4.78 is 38.0. The van der Waals surface area contributed by atoms with Crippen LogP contribution in [0.15, 0.2) is 52.4 Å². The van der Waals surface area contributed by atoms with Gasteiger partial charge < -0.3 is 14.8 Å². The second kappa shape index (κ2) is 9.82. The van der Waals surface area contributed by atoms with Gasteiger partial charge in [0.05, 0.1) is 18.6 Å². The third-order valence-electron chi connectivity index (χ3n) is 4.81. The van der Waals surface area contributed by atoms with Gasteiger partial charge in [0, 0.05) is 17.3 Å². The fraction of sp³-hybridized carbons (Fsp3) is 0.364. The quantitative estimate of drug-likeness (QED) is 0.616. The molecule has 1 atom stereocenters. The highest BCUT2D eigenvalue weighted by atomic mass is 32.2. The monoisotopic (exact) mass is 445 g/mol. The van der Waals surface area contributed by atoms with Crippen LogP contribution in [0, 0.1) is 0 Å². The van der Waals surface area contributed by atoms with Gasteiger partial charge in [-0.1, -0.05) is 31.9 Å². The number of carbonyl (C=O) groups excluding carboxylic acids is 1. The Kier molecular flexibility index (Phi) is 7.17. The Balaban J connectivity index is 1.86. The number of unbranched alkanes of at least 4 members (excludes halogenated alkanes) is 1. The summed E-state index contributed by atoms with van der Waals surface area (Å²) in [6.45, 7) is 4.39. The molecule has 9 heteroatoms. The maximum atomic E-state index is 13.0. The van der Waals surface area contributed by atoms with E-state index in [1.165, 1.54) is 13.2 Å². The van der Waals surface area contributed by atoms with Gasteiger partial charge in [0.15, 0.2) is 11.5 Å². The van der Waals surface area contributed by atoms with Crippen LogP contribution in [0.3, 0.4) is 0 Å². The standard InChI is InChI=1S/C22H27N3O5S/c1-4-6-10-17(24-21-16-9-7-8-11-20(16)31(27,28)25-21)22(26)23-15-12-13-18(30-5-2)19(14-15)29-3/h7-9,11-14,17H,4-6,10H2,1-3H3,(H,23,26)(H,24,25). The van der Waals surface area contributed by atoms with Crippen molar-refractivity contribution in [2.24, 2.45) is 4.99 Å². The van der Waals surface area contributed by atoms with Crippen molar-refractivity contribution < 1.29 is 22.7 Å². The third-order valence-corrected chi connectivity index (χ3v) is 6.21. The number of carbonyl (C=O) groups is 1. The molecule has 31 heavy (non-hydrogen) atoms. The van der Waals surface area contributed by atoms with Crippen molar-refractivity contribution in [1.82, 2.24) is 4.72 Å².